The number of Topliss-reactive ketones (excluding diaryl/α,β-unsaturated/α-hetero) is 1. The van der Waals surface area contributed by atoms with Gasteiger partial charge in [0.15, 0.2) is 10.9 Å². The molecule has 0 fully saturated rings. The molecule has 8 nitrogen and oxygen atoms in total. The standard InChI is InChI=1S/C20H22N4O4S/c1-5-28-19(26)18-12(2)17(13(3)22-18)16(25)10-29-20-23-21-11-24(20)14-6-8-15(27-4)9-7-14/h6-9,11,22H,5,10H2,1-4H3. The van der Waals surface area contributed by atoms with E-state index in [0.29, 0.717) is 27.7 Å². The molecule has 0 saturated heterocycles. The van der Waals surface area contributed by atoms with Gasteiger partial charge in [0.1, 0.15) is 17.8 Å². The molecule has 0 saturated carbocycles. The molecule has 9 heteroatoms. The van der Waals surface area contributed by atoms with E-state index in [2.05, 4.69) is 15.2 Å². The van der Waals surface area contributed by atoms with Crippen LogP contribution in [-0.4, -0.2) is 51.0 Å². The Balaban J connectivity index is 1.75. The molecule has 3 aromatic rings. The number of aromatic amines is 1. The molecular formula is C20H22N4O4S. The summed E-state index contributed by atoms with van der Waals surface area (Å²) >= 11 is 1.29. The van der Waals surface area contributed by atoms with Crippen LogP contribution in [0.25, 0.3) is 5.69 Å². The Hall–Kier alpha value is -3.07. The second kappa shape index (κ2) is 8.95. The number of nitrogens with zero attached hydrogens (tertiary/aromatic N) is 3. The number of aryl methyl sites for hydroxylation is 1. The number of H-pyrrole nitrogens is 1. The van der Waals surface area contributed by atoms with Gasteiger partial charge in [-0.05, 0) is 50.6 Å². The number of thioether (sulfide) groups is 1. The van der Waals surface area contributed by atoms with Crippen LogP contribution in [0.5, 0.6) is 5.75 Å². The quantitative estimate of drug-likeness (QED) is 0.343. The van der Waals surface area contributed by atoms with E-state index in [1.165, 1.54) is 11.8 Å². The topological polar surface area (TPSA) is 99.1 Å². The second-order valence-electron chi connectivity index (χ2n) is 6.24. The number of nitrogens with one attached hydrogen (secondary N) is 1. The minimum absolute atomic E-state index is 0.0962. The molecule has 1 N–H and O–H groups in total. The third-order valence-electron chi connectivity index (χ3n) is 4.40. The maximum atomic E-state index is 12.8. The first-order chi connectivity index (χ1) is 14.0. The summed E-state index contributed by atoms with van der Waals surface area (Å²) in [6.45, 7) is 5.53. The lowest BCUT2D eigenvalue weighted by Crippen LogP contribution is -2.09. The van der Waals surface area contributed by atoms with Crippen molar-refractivity contribution < 1.29 is 19.1 Å². The van der Waals surface area contributed by atoms with Gasteiger partial charge in [0.05, 0.1) is 19.5 Å². The highest BCUT2D eigenvalue weighted by Crippen LogP contribution is 2.25. The van der Waals surface area contributed by atoms with E-state index in [0.717, 1.165) is 11.4 Å². The number of carbonyl (C=O) groups is 2. The molecule has 2 aromatic heterocycles. The van der Waals surface area contributed by atoms with E-state index in [9.17, 15) is 9.59 Å². The van der Waals surface area contributed by atoms with Crippen LogP contribution in [0.2, 0.25) is 0 Å². The molecule has 0 radical (unpaired) electrons. The van der Waals surface area contributed by atoms with Crippen molar-refractivity contribution in [2.75, 3.05) is 19.5 Å². The van der Waals surface area contributed by atoms with Gasteiger partial charge in [-0.1, -0.05) is 11.8 Å². The number of esters is 1. The van der Waals surface area contributed by atoms with Gasteiger partial charge in [0.25, 0.3) is 0 Å². The zero-order valence-electron chi connectivity index (χ0n) is 16.7. The van der Waals surface area contributed by atoms with Crippen LogP contribution < -0.4 is 4.74 Å². The number of methoxy groups -OCH3 is 1. The summed E-state index contributed by atoms with van der Waals surface area (Å²) in [5, 5.41) is 8.67. The van der Waals surface area contributed by atoms with Crippen LogP contribution in [-0.2, 0) is 4.74 Å². The third-order valence-corrected chi connectivity index (χ3v) is 5.34. The minimum Gasteiger partial charge on any atom is -0.497 e. The first-order valence-corrected chi connectivity index (χ1v) is 10.0. The van der Waals surface area contributed by atoms with Gasteiger partial charge < -0.3 is 14.5 Å². The zero-order chi connectivity index (χ0) is 21.0. The molecule has 152 valence electrons. The maximum Gasteiger partial charge on any atom is 0.355 e. The Bertz CT molecular complexity index is 1020. The summed E-state index contributed by atoms with van der Waals surface area (Å²) in [5.41, 5.74) is 2.94. The highest BCUT2D eigenvalue weighted by atomic mass is 32.2. The van der Waals surface area contributed by atoms with Crippen LogP contribution in [0.4, 0.5) is 0 Å². The average molecular weight is 414 g/mol. The zero-order valence-corrected chi connectivity index (χ0v) is 17.5. The van der Waals surface area contributed by atoms with Crippen molar-refractivity contribution in [3.8, 4) is 11.4 Å². The third kappa shape index (κ3) is 4.34. The first kappa shape index (κ1) is 20.7. The summed E-state index contributed by atoms with van der Waals surface area (Å²) in [4.78, 5) is 27.9. The molecule has 3 rings (SSSR count). The number of rotatable bonds is 8. The molecule has 0 atom stereocenters. The van der Waals surface area contributed by atoms with Crippen LogP contribution in [0, 0.1) is 13.8 Å². The number of hydrogen-bond donors (Lipinski definition) is 1. The van der Waals surface area contributed by atoms with Gasteiger partial charge in [-0.3, -0.25) is 9.36 Å². The molecule has 0 aliphatic carbocycles. The highest BCUT2D eigenvalue weighted by molar-refractivity contribution is 7.99. The molecule has 0 spiro atoms. The normalized spacial score (nSPS) is 10.8. The lowest BCUT2D eigenvalue weighted by atomic mass is 10.1. The number of hydrogen-bond acceptors (Lipinski definition) is 7. The van der Waals surface area contributed by atoms with E-state index >= 15 is 0 Å². The number of carbonyl (C=O) groups excluding carboxylic acids is 2. The second-order valence-corrected chi connectivity index (χ2v) is 7.18. The first-order valence-electron chi connectivity index (χ1n) is 9.03. The van der Waals surface area contributed by atoms with Gasteiger partial charge in [-0.25, -0.2) is 4.79 Å². The van der Waals surface area contributed by atoms with E-state index in [4.69, 9.17) is 9.47 Å². The summed E-state index contributed by atoms with van der Waals surface area (Å²) in [6.07, 6.45) is 1.60. The van der Waals surface area contributed by atoms with Crippen molar-refractivity contribution in [1.82, 2.24) is 19.7 Å². The largest absolute Gasteiger partial charge is 0.497 e. The Morgan fingerprint density at radius 3 is 2.59 bits per heavy atom. The summed E-state index contributed by atoms with van der Waals surface area (Å²) in [5.74, 6) is 0.360. The van der Waals surface area contributed by atoms with Gasteiger partial charge in [0, 0.05) is 16.9 Å². The molecule has 0 aliphatic heterocycles. The van der Waals surface area contributed by atoms with Gasteiger partial charge >= 0.3 is 5.97 Å². The molecular weight excluding hydrogens is 392 g/mol. The Labute approximate surface area is 172 Å². The lowest BCUT2D eigenvalue weighted by molar-refractivity contribution is 0.0519. The Kier molecular flexibility index (Phi) is 6.38. The Morgan fingerprint density at radius 2 is 1.93 bits per heavy atom. The van der Waals surface area contributed by atoms with Crippen LogP contribution in [0.15, 0.2) is 35.7 Å². The molecule has 0 amide bonds. The Morgan fingerprint density at radius 1 is 1.21 bits per heavy atom. The van der Waals surface area contributed by atoms with E-state index < -0.39 is 5.97 Å². The van der Waals surface area contributed by atoms with Gasteiger partial charge in [0.2, 0.25) is 0 Å². The summed E-state index contributed by atoms with van der Waals surface area (Å²) in [7, 11) is 1.61. The van der Waals surface area contributed by atoms with Crippen LogP contribution >= 0.6 is 11.8 Å². The number of ketones is 1. The molecule has 0 unspecified atom stereocenters. The molecule has 0 bridgehead atoms. The van der Waals surface area contributed by atoms with E-state index in [1.54, 1.807) is 38.8 Å². The predicted octanol–water partition coefficient (Wildman–Crippen LogP) is 3.37. The van der Waals surface area contributed by atoms with E-state index in [1.807, 2.05) is 24.3 Å². The monoisotopic (exact) mass is 414 g/mol. The van der Waals surface area contributed by atoms with Crippen molar-refractivity contribution >= 4 is 23.5 Å². The fourth-order valence-corrected chi connectivity index (χ4v) is 3.82. The fourth-order valence-electron chi connectivity index (χ4n) is 3.02. The number of benzene rings is 1. The van der Waals surface area contributed by atoms with Crippen LogP contribution in [0.3, 0.4) is 0 Å². The van der Waals surface area contributed by atoms with Gasteiger partial charge in [-0.2, -0.15) is 0 Å². The number of aromatic nitrogens is 4. The van der Waals surface area contributed by atoms with Crippen LogP contribution in [0.1, 0.15) is 39.0 Å². The molecule has 29 heavy (non-hydrogen) atoms. The average Bonchev–Trinajstić information content (AvgIpc) is 3.30. The highest BCUT2D eigenvalue weighted by Gasteiger charge is 2.23. The number of ether oxygens (including phenoxy) is 2. The van der Waals surface area contributed by atoms with Gasteiger partial charge in [-0.15, -0.1) is 10.2 Å². The lowest BCUT2D eigenvalue weighted by Gasteiger charge is -2.07. The molecule has 1 aromatic carbocycles. The molecule has 0 aliphatic rings. The van der Waals surface area contributed by atoms with Crippen molar-refractivity contribution in [2.24, 2.45) is 0 Å². The summed E-state index contributed by atoms with van der Waals surface area (Å²) in [6, 6.07) is 7.47. The fraction of sp³-hybridized carbons (Fsp3) is 0.300. The minimum atomic E-state index is -0.459. The SMILES string of the molecule is CCOC(=O)c1[nH]c(C)c(C(=O)CSc2nncn2-c2ccc(OC)cc2)c1C. The van der Waals surface area contributed by atoms with E-state index in [-0.39, 0.29) is 18.1 Å². The van der Waals surface area contributed by atoms with Crippen molar-refractivity contribution in [2.45, 2.75) is 25.9 Å². The maximum absolute atomic E-state index is 12.8. The molecule has 2 heterocycles. The van der Waals surface area contributed by atoms with Crippen molar-refractivity contribution in [3.05, 3.63) is 53.1 Å². The predicted molar refractivity (Wildman–Crippen MR) is 109 cm³/mol. The summed E-state index contributed by atoms with van der Waals surface area (Å²) < 4.78 is 12.0. The van der Waals surface area contributed by atoms with Crippen molar-refractivity contribution in [3.63, 3.8) is 0 Å². The van der Waals surface area contributed by atoms with Crippen molar-refractivity contribution in [1.29, 1.82) is 0 Å². The smallest absolute Gasteiger partial charge is 0.355 e.